The molecule has 0 saturated heterocycles. The lowest BCUT2D eigenvalue weighted by Crippen LogP contribution is -2.48. The minimum atomic E-state index is -1.26. The first-order chi connectivity index (χ1) is 11.7. The second-order valence-electron chi connectivity index (χ2n) is 6.70. The van der Waals surface area contributed by atoms with Gasteiger partial charge in [-0.3, -0.25) is 0 Å². The summed E-state index contributed by atoms with van der Waals surface area (Å²) in [5.74, 6) is -2.13. The lowest BCUT2D eigenvalue weighted by Gasteiger charge is -2.45. The minimum Gasteiger partial charge on any atom is -0.508 e. The molecule has 0 spiro atoms. The Balaban J connectivity index is 0.000000333. The molecule has 0 aliphatic heterocycles. The van der Waals surface area contributed by atoms with E-state index in [4.69, 9.17) is 10.2 Å². The molecular weight excluding hydrogens is 322 g/mol. The van der Waals surface area contributed by atoms with Gasteiger partial charge in [0, 0.05) is 23.6 Å². The molecule has 138 valence electrons. The molecule has 1 aromatic rings. The summed E-state index contributed by atoms with van der Waals surface area (Å²) in [6.07, 6.45) is 6.18. The van der Waals surface area contributed by atoms with Gasteiger partial charge in [0.2, 0.25) is 0 Å². The van der Waals surface area contributed by atoms with E-state index in [1.807, 2.05) is 12.1 Å². The van der Waals surface area contributed by atoms with Crippen LogP contribution in [0.15, 0.2) is 36.4 Å². The number of hydrogen-bond acceptors (Lipinski definition) is 4. The first-order valence-corrected chi connectivity index (χ1v) is 8.26. The summed E-state index contributed by atoms with van der Waals surface area (Å²) in [4.78, 5) is 21.4. The number of carboxylic acids is 2. The second-order valence-corrected chi connectivity index (χ2v) is 6.70. The fraction of sp³-hybridized carbons (Fsp3) is 0.474. The molecule has 0 radical (unpaired) electrons. The Morgan fingerprint density at radius 1 is 1.16 bits per heavy atom. The van der Waals surface area contributed by atoms with Crippen molar-refractivity contribution in [3.05, 3.63) is 42.0 Å². The zero-order valence-electron chi connectivity index (χ0n) is 15.0. The Morgan fingerprint density at radius 3 is 2.24 bits per heavy atom. The van der Waals surface area contributed by atoms with Gasteiger partial charge in [0.1, 0.15) is 5.75 Å². The Hall–Kier alpha value is -2.34. The molecule has 6 nitrogen and oxygen atoms in total. The standard InChI is InChI=1S/C15H23NO.C4H4O4/c1-15(12-7-6-8-13(17)11-12)10-5-4-9-14(15)16(2)3;5-3(6)1-2-4(7)8/h6-8,11,14,17H,4-5,9-10H2,1-3H3;1-2H,(H,5,6)(H,7,8)/b;2-1+. The van der Waals surface area contributed by atoms with E-state index in [1.54, 1.807) is 6.07 Å². The van der Waals surface area contributed by atoms with E-state index in [9.17, 15) is 14.7 Å². The average molecular weight is 349 g/mol. The van der Waals surface area contributed by atoms with Crippen molar-refractivity contribution in [2.24, 2.45) is 0 Å². The normalized spacial score (nSPS) is 23.1. The van der Waals surface area contributed by atoms with E-state index >= 15 is 0 Å². The van der Waals surface area contributed by atoms with Crippen LogP contribution in [-0.4, -0.2) is 52.3 Å². The number of carboxylic acid groups (broad SMARTS) is 2. The van der Waals surface area contributed by atoms with Crippen LogP contribution in [0.3, 0.4) is 0 Å². The van der Waals surface area contributed by atoms with Crippen LogP contribution in [0.5, 0.6) is 5.75 Å². The molecular formula is C19H27NO5. The largest absolute Gasteiger partial charge is 0.508 e. The molecule has 0 bridgehead atoms. The van der Waals surface area contributed by atoms with Crippen molar-refractivity contribution in [2.45, 2.75) is 44.1 Å². The van der Waals surface area contributed by atoms with Crippen LogP contribution in [0.2, 0.25) is 0 Å². The number of likely N-dealkylation sites (N-methyl/N-ethyl adjacent to an activating group) is 1. The average Bonchev–Trinajstić information content (AvgIpc) is 2.53. The quantitative estimate of drug-likeness (QED) is 0.723. The molecule has 0 amide bonds. The SMILES string of the molecule is CN(C)C1CCCCC1(C)c1cccc(O)c1.O=C(O)/C=C/C(=O)O. The predicted molar refractivity (Wildman–Crippen MR) is 95.8 cm³/mol. The number of hydrogen-bond donors (Lipinski definition) is 3. The van der Waals surface area contributed by atoms with Crippen molar-refractivity contribution in [3.63, 3.8) is 0 Å². The van der Waals surface area contributed by atoms with Gasteiger partial charge in [-0.15, -0.1) is 0 Å². The van der Waals surface area contributed by atoms with Gasteiger partial charge >= 0.3 is 11.9 Å². The number of nitrogens with zero attached hydrogens (tertiary/aromatic N) is 1. The molecule has 6 heteroatoms. The molecule has 0 heterocycles. The van der Waals surface area contributed by atoms with Gasteiger partial charge in [-0.1, -0.05) is 31.9 Å². The van der Waals surface area contributed by atoms with E-state index in [2.05, 4.69) is 32.0 Å². The first kappa shape index (κ1) is 20.7. The summed E-state index contributed by atoms with van der Waals surface area (Å²) >= 11 is 0. The highest BCUT2D eigenvalue weighted by molar-refractivity contribution is 5.89. The Bertz CT molecular complexity index is 610. The van der Waals surface area contributed by atoms with Crippen molar-refractivity contribution in [3.8, 4) is 5.75 Å². The molecule has 2 atom stereocenters. The van der Waals surface area contributed by atoms with Crippen molar-refractivity contribution < 1.29 is 24.9 Å². The van der Waals surface area contributed by atoms with E-state index in [1.165, 1.54) is 31.2 Å². The lowest BCUT2D eigenvalue weighted by atomic mass is 9.67. The van der Waals surface area contributed by atoms with Gasteiger partial charge in [0.25, 0.3) is 0 Å². The molecule has 1 aliphatic carbocycles. The number of phenols is 1. The van der Waals surface area contributed by atoms with Crippen molar-refractivity contribution in [1.82, 2.24) is 4.90 Å². The second kappa shape index (κ2) is 9.22. The summed E-state index contributed by atoms with van der Waals surface area (Å²) in [5, 5.41) is 25.3. The third-order valence-electron chi connectivity index (χ3n) is 4.66. The van der Waals surface area contributed by atoms with Gasteiger partial charge < -0.3 is 20.2 Å². The first-order valence-electron chi connectivity index (χ1n) is 8.26. The van der Waals surface area contributed by atoms with Crippen LogP contribution in [-0.2, 0) is 15.0 Å². The van der Waals surface area contributed by atoms with E-state index in [0.717, 1.165) is 0 Å². The number of aliphatic carboxylic acids is 2. The summed E-state index contributed by atoms with van der Waals surface area (Å²) in [5.41, 5.74) is 1.44. The van der Waals surface area contributed by atoms with E-state index < -0.39 is 11.9 Å². The number of carbonyl (C=O) groups is 2. The molecule has 25 heavy (non-hydrogen) atoms. The molecule has 1 aliphatic rings. The fourth-order valence-corrected chi connectivity index (χ4v) is 3.48. The molecule has 2 rings (SSSR count). The highest BCUT2D eigenvalue weighted by Crippen LogP contribution is 2.41. The van der Waals surface area contributed by atoms with E-state index in [0.29, 0.717) is 23.9 Å². The summed E-state index contributed by atoms with van der Waals surface area (Å²) in [7, 11) is 4.33. The Morgan fingerprint density at radius 2 is 1.76 bits per heavy atom. The van der Waals surface area contributed by atoms with Gasteiger partial charge in [-0.2, -0.15) is 0 Å². The Labute approximate surface area is 148 Å². The van der Waals surface area contributed by atoms with Gasteiger partial charge in [-0.05, 0) is 44.6 Å². The van der Waals surface area contributed by atoms with Crippen LogP contribution in [0, 0.1) is 0 Å². The molecule has 1 fully saturated rings. The third-order valence-corrected chi connectivity index (χ3v) is 4.66. The smallest absolute Gasteiger partial charge is 0.328 e. The maximum atomic E-state index is 9.67. The highest BCUT2D eigenvalue weighted by atomic mass is 16.4. The van der Waals surface area contributed by atoms with Crippen LogP contribution < -0.4 is 0 Å². The molecule has 3 N–H and O–H groups in total. The molecule has 1 saturated carbocycles. The van der Waals surface area contributed by atoms with Gasteiger partial charge in [0.05, 0.1) is 0 Å². The van der Waals surface area contributed by atoms with Crippen molar-refractivity contribution in [2.75, 3.05) is 14.1 Å². The van der Waals surface area contributed by atoms with Crippen LogP contribution >= 0.6 is 0 Å². The maximum absolute atomic E-state index is 9.67. The lowest BCUT2D eigenvalue weighted by molar-refractivity contribution is -0.134. The number of benzene rings is 1. The molecule has 2 unspecified atom stereocenters. The number of rotatable bonds is 4. The zero-order valence-corrected chi connectivity index (χ0v) is 15.0. The summed E-state index contributed by atoms with van der Waals surface area (Å²) < 4.78 is 0. The highest BCUT2D eigenvalue weighted by Gasteiger charge is 2.39. The van der Waals surface area contributed by atoms with Crippen LogP contribution in [0.25, 0.3) is 0 Å². The summed E-state index contributed by atoms with van der Waals surface area (Å²) in [6, 6.07) is 8.36. The molecule has 1 aromatic carbocycles. The Kier molecular flexibility index (Phi) is 7.64. The van der Waals surface area contributed by atoms with Crippen LogP contribution in [0.1, 0.15) is 38.2 Å². The van der Waals surface area contributed by atoms with Crippen LogP contribution in [0.4, 0.5) is 0 Å². The van der Waals surface area contributed by atoms with Crippen molar-refractivity contribution >= 4 is 11.9 Å². The minimum absolute atomic E-state index is 0.167. The monoisotopic (exact) mass is 349 g/mol. The molecule has 0 aromatic heterocycles. The number of aromatic hydroxyl groups is 1. The number of phenolic OH excluding ortho intramolecular Hbond substituents is 1. The summed E-state index contributed by atoms with van der Waals surface area (Å²) in [6.45, 7) is 2.34. The van der Waals surface area contributed by atoms with Gasteiger partial charge in [0.15, 0.2) is 0 Å². The maximum Gasteiger partial charge on any atom is 0.328 e. The topological polar surface area (TPSA) is 98.1 Å². The van der Waals surface area contributed by atoms with Crippen molar-refractivity contribution in [1.29, 1.82) is 0 Å². The van der Waals surface area contributed by atoms with E-state index in [-0.39, 0.29) is 5.41 Å². The zero-order chi connectivity index (χ0) is 19.0. The predicted octanol–water partition coefficient (Wildman–Crippen LogP) is 2.87. The fourth-order valence-electron chi connectivity index (χ4n) is 3.48. The third kappa shape index (κ3) is 6.23. The van der Waals surface area contributed by atoms with Gasteiger partial charge in [-0.25, -0.2) is 9.59 Å².